The Bertz CT molecular complexity index is 377. The van der Waals surface area contributed by atoms with Gasteiger partial charge in [-0.25, -0.2) is 0 Å². The fourth-order valence-corrected chi connectivity index (χ4v) is 3.41. The number of carbonyl (C=O) groups excluding carboxylic acids is 1. The molecule has 1 aromatic rings. The molecule has 1 amide bonds. The maximum Gasteiger partial charge on any atom is 0.239 e. The van der Waals surface area contributed by atoms with Crippen LogP contribution in [0.2, 0.25) is 0 Å². The first kappa shape index (κ1) is 13.3. The van der Waals surface area contributed by atoms with E-state index in [-0.39, 0.29) is 11.9 Å². The van der Waals surface area contributed by atoms with Gasteiger partial charge in [-0.15, -0.1) is 11.3 Å². The quantitative estimate of drug-likeness (QED) is 0.782. The monoisotopic (exact) mass is 366 g/mol. The van der Waals surface area contributed by atoms with E-state index >= 15 is 0 Å². The summed E-state index contributed by atoms with van der Waals surface area (Å²) < 4.78 is 6.53. The average Bonchev–Trinajstić information content (AvgIpc) is 2.76. The Kier molecular flexibility index (Phi) is 5.20. The summed E-state index contributed by atoms with van der Waals surface area (Å²) in [6.07, 6.45) is 0.896. The lowest BCUT2D eigenvalue weighted by Gasteiger charge is -2.22. The molecule has 0 spiro atoms. The van der Waals surface area contributed by atoms with Crippen LogP contribution < -0.4 is 10.6 Å². The molecule has 0 aliphatic carbocycles. The maximum absolute atomic E-state index is 11.7. The average molecular weight is 366 g/mol. The Hall–Kier alpha value is -0.180. The normalized spacial score (nSPS) is 20.2. The number of thiophene rings is 1. The summed E-state index contributed by atoms with van der Waals surface area (Å²) in [7, 11) is 0. The minimum Gasteiger partial charge on any atom is -0.378 e. The Morgan fingerprint density at radius 2 is 2.53 bits per heavy atom. The van der Waals surface area contributed by atoms with Gasteiger partial charge in [-0.1, -0.05) is 0 Å². The third kappa shape index (κ3) is 4.20. The topological polar surface area (TPSA) is 50.4 Å². The predicted octanol–water partition coefficient (Wildman–Crippen LogP) is 1.000. The fraction of sp³-hybridized carbons (Fsp3) is 0.545. The highest BCUT2D eigenvalue weighted by atomic mass is 127. The molecule has 1 aliphatic heterocycles. The molecule has 0 radical (unpaired) electrons. The van der Waals surface area contributed by atoms with Crippen molar-refractivity contribution in [1.29, 1.82) is 0 Å². The number of amides is 1. The molecule has 94 valence electrons. The predicted molar refractivity (Wildman–Crippen MR) is 76.4 cm³/mol. The smallest absolute Gasteiger partial charge is 0.239 e. The van der Waals surface area contributed by atoms with E-state index in [1.807, 2.05) is 0 Å². The molecule has 1 fully saturated rings. The van der Waals surface area contributed by atoms with Crippen molar-refractivity contribution in [3.63, 3.8) is 0 Å². The molecular formula is C11H15IN2O2S. The van der Waals surface area contributed by atoms with Crippen molar-refractivity contribution in [3.05, 3.63) is 19.9 Å². The van der Waals surface area contributed by atoms with Gasteiger partial charge in [0.2, 0.25) is 5.91 Å². The van der Waals surface area contributed by atoms with Crippen LogP contribution in [0.4, 0.5) is 0 Å². The highest BCUT2D eigenvalue weighted by Crippen LogP contribution is 2.18. The van der Waals surface area contributed by atoms with Gasteiger partial charge in [0.1, 0.15) is 6.04 Å². The van der Waals surface area contributed by atoms with Crippen LogP contribution in [0, 0.1) is 2.88 Å². The third-order valence-electron chi connectivity index (χ3n) is 2.54. The molecule has 17 heavy (non-hydrogen) atoms. The Morgan fingerprint density at radius 1 is 1.65 bits per heavy atom. The zero-order valence-corrected chi connectivity index (χ0v) is 12.3. The summed E-state index contributed by atoms with van der Waals surface area (Å²) in [6, 6.07) is 4.02. The number of ether oxygens (including phenoxy) is 1. The standard InChI is InChI=1S/C11H15IN2O2S/c12-10-2-1-8(17-10)3-4-14-11(15)9-7-16-6-5-13-9/h1-2,9,13H,3-7H2,(H,14,15). The number of rotatable bonds is 4. The van der Waals surface area contributed by atoms with E-state index in [0.29, 0.717) is 19.8 Å². The second-order valence-electron chi connectivity index (χ2n) is 3.83. The summed E-state index contributed by atoms with van der Waals surface area (Å²) in [4.78, 5) is 13.0. The largest absolute Gasteiger partial charge is 0.378 e. The second-order valence-corrected chi connectivity index (χ2v) is 6.89. The summed E-state index contributed by atoms with van der Waals surface area (Å²) in [6.45, 7) is 2.61. The van der Waals surface area contributed by atoms with E-state index in [4.69, 9.17) is 4.74 Å². The van der Waals surface area contributed by atoms with Crippen LogP contribution in [-0.4, -0.2) is 38.3 Å². The van der Waals surface area contributed by atoms with Crippen molar-refractivity contribution < 1.29 is 9.53 Å². The van der Waals surface area contributed by atoms with Gasteiger partial charge in [-0.05, 0) is 41.1 Å². The minimum atomic E-state index is -0.188. The van der Waals surface area contributed by atoms with Crippen molar-refractivity contribution >= 4 is 39.8 Å². The van der Waals surface area contributed by atoms with Crippen molar-refractivity contribution in [3.8, 4) is 0 Å². The maximum atomic E-state index is 11.7. The van der Waals surface area contributed by atoms with Crippen LogP contribution >= 0.6 is 33.9 Å². The van der Waals surface area contributed by atoms with E-state index in [9.17, 15) is 4.79 Å². The summed E-state index contributed by atoms with van der Waals surface area (Å²) in [5.41, 5.74) is 0. The number of hydrogen-bond donors (Lipinski definition) is 2. The van der Waals surface area contributed by atoms with Crippen LogP contribution in [0.5, 0.6) is 0 Å². The van der Waals surface area contributed by atoms with E-state index in [1.165, 1.54) is 7.76 Å². The zero-order valence-electron chi connectivity index (χ0n) is 9.37. The first-order valence-electron chi connectivity index (χ1n) is 5.59. The first-order valence-corrected chi connectivity index (χ1v) is 7.48. The molecule has 2 rings (SSSR count). The van der Waals surface area contributed by atoms with Gasteiger partial charge in [0.25, 0.3) is 0 Å². The van der Waals surface area contributed by atoms with Gasteiger partial charge in [0, 0.05) is 18.0 Å². The van der Waals surface area contributed by atoms with E-state index in [0.717, 1.165) is 13.0 Å². The SMILES string of the molecule is O=C(NCCc1ccc(I)s1)C1COCCN1. The highest BCUT2D eigenvalue weighted by molar-refractivity contribution is 14.1. The van der Waals surface area contributed by atoms with E-state index in [2.05, 4.69) is 45.4 Å². The summed E-state index contributed by atoms with van der Waals surface area (Å²) in [5, 5.41) is 6.07. The van der Waals surface area contributed by atoms with Gasteiger partial charge >= 0.3 is 0 Å². The van der Waals surface area contributed by atoms with E-state index in [1.54, 1.807) is 11.3 Å². The lowest BCUT2D eigenvalue weighted by Crippen LogP contribution is -2.51. The number of halogens is 1. The second kappa shape index (κ2) is 6.67. The number of morpholine rings is 1. The molecule has 0 bridgehead atoms. The molecule has 2 N–H and O–H groups in total. The molecule has 0 saturated carbocycles. The van der Waals surface area contributed by atoms with Gasteiger partial charge in [-0.3, -0.25) is 4.79 Å². The molecular weight excluding hydrogens is 351 g/mol. The van der Waals surface area contributed by atoms with Crippen molar-refractivity contribution in [1.82, 2.24) is 10.6 Å². The zero-order chi connectivity index (χ0) is 12.1. The molecule has 1 atom stereocenters. The Balaban J connectivity index is 1.69. The molecule has 1 unspecified atom stereocenters. The van der Waals surface area contributed by atoms with Crippen molar-refractivity contribution in [2.45, 2.75) is 12.5 Å². The lowest BCUT2D eigenvalue weighted by atomic mass is 10.2. The van der Waals surface area contributed by atoms with Crippen LogP contribution in [-0.2, 0) is 16.0 Å². The number of hydrogen-bond acceptors (Lipinski definition) is 4. The van der Waals surface area contributed by atoms with Gasteiger partial charge in [0.05, 0.1) is 16.1 Å². The molecule has 1 saturated heterocycles. The van der Waals surface area contributed by atoms with Crippen LogP contribution in [0.15, 0.2) is 12.1 Å². The fourth-order valence-electron chi connectivity index (χ4n) is 1.65. The molecule has 0 aromatic carbocycles. The molecule has 4 nitrogen and oxygen atoms in total. The molecule has 1 aliphatic rings. The van der Waals surface area contributed by atoms with Crippen LogP contribution in [0.1, 0.15) is 4.88 Å². The Morgan fingerprint density at radius 3 is 3.18 bits per heavy atom. The number of carbonyl (C=O) groups is 1. The van der Waals surface area contributed by atoms with Crippen molar-refractivity contribution in [2.75, 3.05) is 26.3 Å². The van der Waals surface area contributed by atoms with Gasteiger partial charge < -0.3 is 15.4 Å². The summed E-state index contributed by atoms with van der Waals surface area (Å²) >= 11 is 4.08. The minimum absolute atomic E-state index is 0.0379. The summed E-state index contributed by atoms with van der Waals surface area (Å²) in [5.74, 6) is 0.0379. The van der Waals surface area contributed by atoms with Gasteiger partial charge in [0.15, 0.2) is 0 Å². The van der Waals surface area contributed by atoms with Crippen LogP contribution in [0.3, 0.4) is 0 Å². The molecule has 2 heterocycles. The van der Waals surface area contributed by atoms with Gasteiger partial charge in [-0.2, -0.15) is 0 Å². The highest BCUT2D eigenvalue weighted by Gasteiger charge is 2.20. The van der Waals surface area contributed by atoms with E-state index < -0.39 is 0 Å². The number of nitrogens with one attached hydrogen (secondary N) is 2. The van der Waals surface area contributed by atoms with Crippen LogP contribution in [0.25, 0.3) is 0 Å². The first-order chi connectivity index (χ1) is 8.25. The molecule has 1 aromatic heterocycles. The molecule has 6 heteroatoms. The third-order valence-corrected chi connectivity index (χ3v) is 4.49. The Labute approximate surface area is 118 Å². The lowest BCUT2D eigenvalue weighted by molar-refractivity contribution is -0.125. The van der Waals surface area contributed by atoms with Crippen molar-refractivity contribution in [2.24, 2.45) is 0 Å².